The summed E-state index contributed by atoms with van der Waals surface area (Å²) in [6.45, 7) is 11.1. The first kappa shape index (κ1) is 20.4. The Kier molecular flexibility index (Phi) is 6.10. The van der Waals surface area contributed by atoms with Crippen molar-refractivity contribution >= 4 is 34.9 Å². The summed E-state index contributed by atoms with van der Waals surface area (Å²) < 4.78 is 5.48. The van der Waals surface area contributed by atoms with E-state index in [0.29, 0.717) is 33.6 Å². The van der Waals surface area contributed by atoms with Crippen LogP contribution in [0.2, 0.25) is 0 Å². The second kappa shape index (κ2) is 8.36. The number of anilines is 1. The zero-order valence-electron chi connectivity index (χ0n) is 16.3. The van der Waals surface area contributed by atoms with E-state index in [0.717, 1.165) is 10.4 Å². The molecule has 0 spiro atoms. The summed E-state index contributed by atoms with van der Waals surface area (Å²) in [6.07, 6.45) is 1.49. The fraction of sp³-hybridized carbons (Fsp3) is 0.350. The Labute approximate surface area is 172 Å². The molecule has 2 N–H and O–H groups in total. The molecular weight excluding hydrogens is 394 g/mol. The number of esters is 1. The summed E-state index contributed by atoms with van der Waals surface area (Å²) in [5.41, 5.74) is 2.30. The monoisotopic (exact) mass is 417 g/mol. The first-order valence-corrected chi connectivity index (χ1v) is 10.8. The summed E-state index contributed by atoms with van der Waals surface area (Å²) in [6, 6.07) is 1.98. The van der Waals surface area contributed by atoms with Crippen LogP contribution in [0.15, 0.2) is 45.3 Å². The third-order valence-electron chi connectivity index (χ3n) is 4.29. The topological polar surface area (TPSA) is 84.1 Å². The summed E-state index contributed by atoms with van der Waals surface area (Å²) in [5, 5.41) is 5.62. The van der Waals surface area contributed by atoms with E-state index in [1.807, 2.05) is 25.3 Å². The number of allylic oxidation sites excluding steroid dienone is 1. The number of nitrogens with one attached hydrogen (secondary N) is 2. The van der Waals surface area contributed by atoms with E-state index in [4.69, 9.17) is 4.74 Å². The fourth-order valence-electron chi connectivity index (χ4n) is 3.13. The molecule has 6 nitrogen and oxygen atoms in total. The van der Waals surface area contributed by atoms with Crippen molar-refractivity contribution in [3.05, 3.63) is 61.7 Å². The Morgan fingerprint density at radius 3 is 2.82 bits per heavy atom. The SMILES string of the molecule is C=CCSc1nc2c(c(=O)[nH]1)[C@H](c1sccc1C)C(C(=O)OC(C)C)=C(C)N2. The van der Waals surface area contributed by atoms with E-state index >= 15 is 0 Å². The van der Waals surface area contributed by atoms with Gasteiger partial charge in [-0.2, -0.15) is 0 Å². The van der Waals surface area contributed by atoms with Gasteiger partial charge in [0.05, 0.1) is 23.2 Å². The lowest BCUT2D eigenvalue weighted by Gasteiger charge is -2.29. The second-order valence-corrected chi connectivity index (χ2v) is 8.71. The number of ether oxygens (including phenoxy) is 1. The first-order valence-electron chi connectivity index (χ1n) is 8.94. The number of thiophene rings is 1. The molecule has 0 saturated carbocycles. The van der Waals surface area contributed by atoms with Crippen molar-refractivity contribution in [1.82, 2.24) is 9.97 Å². The van der Waals surface area contributed by atoms with Crippen molar-refractivity contribution in [2.75, 3.05) is 11.1 Å². The van der Waals surface area contributed by atoms with E-state index in [2.05, 4.69) is 21.9 Å². The molecule has 0 saturated heterocycles. The predicted molar refractivity (Wildman–Crippen MR) is 114 cm³/mol. The molecule has 0 unspecified atom stereocenters. The van der Waals surface area contributed by atoms with Crippen LogP contribution in [0.4, 0.5) is 5.82 Å². The number of rotatable bonds is 6. The highest BCUT2D eigenvalue weighted by Crippen LogP contribution is 2.43. The molecule has 0 fully saturated rings. The molecule has 3 heterocycles. The van der Waals surface area contributed by atoms with Gasteiger partial charge in [-0.15, -0.1) is 17.9 Å². The smallest absolute Gasteiger partial charge is 0.337 e. The normalized spacial score (nSPS) is 16.0. The summed E-state index contributed by atoms with van der Waals surface area (Å²) >= 11 is 2.92. The maximum Gasteiger partial charge on any atom is 0.337 e. The van der Waals surface area contributed by atoms with Crippen LogP contribution in [0, 0.1) is 6.92 Å². The highest BCUT2D eigenvalue weighted by Gasteiger charge is 2.38. The Morgan fingerprint density at radius 1 is 1.46 bits per heavy atom. The number of hydrogen-bond acceptors (Lipinski definition) is 7. The van der Waals surface area contributed by atoms with Gasteiger partial charge in [-0.25, -0.2) is 9.78 Å². The zero-order valence-corrected chi connectivity index (χ0v) is 17.9. The molecule has 8 heteroatoms. The van der Waals surface area contributed by atoms with Gasteiger partial charge in [-0.1, -0.05) is 17.8 Å². The quantitative estimate of drug-likeness (QED) is 0.317. The van der Waals surface area contributed by atoms with Crippen molar-refractivity contribution in [2.45, 2.75) is 44.9 Å². The second-order valence-electron chi connectivity index (χ2n) is 6.75. The molecule has 0 amide bonds. The number of aryl methyl sites for hydroxylation is 1. The number of carbonyl (C=O) groups is 1. The molecule has 1 atom stereocenters. The molecule has 28 heavy (non-hydrogen) atoms. The average Bonchev–Trinajstić information content (AvgIpc) is 3.03. The number of H-pyrrole nitrogens is 1. The standard InChI is InChI=1S/C20H23N3O3S2/c1-6-8-28-20-22-17-15(18(24)23-20)14(16-11(4)7-9-27-16)13(12(5)21-17)19(25)26-10(2)3/h6-7,9-10,14H,1,8H2,2-5H3,(H2,21,22,23,24)/t14-/m1/s1. The predicted octanol–water partition coefficient (Wildman–Crippen LogP) is 4.20. The molecular formula is C20H23N3O3S2. The molecule has 0 aromatic carbocycles. The third kappa shape index (κ3) is 3.93. The van der Waals surface area contributed by atoms with Crippen molar-refractivity contribution in [3.63, 3.8) is 0 Å². The molecule has 2 aromatic heterocycles. The van der Waals surface area contributed by atoms with Crippen LogP contribution >= 0.6 is 23.1 Å². The van der Waals surface area contributed by atoms with Gasteiger partial charge >= 0.3 is 5.97 Å². The van der Waals surface area contributed by atoms with Gasteiger partial charge in [0.15, 0.2) is 5.16 Å². The van der Waals surface area contributed by atoms with Crippen molar-refractivity contribution < 1.29 is 9.53 Å². The van der Waals surface area contributed by atoms with E-state index in [1.165, 1.54) is 23.1 Å². The highest BCUT2D eigenvalue weighted by molar-refractivity contribution is 7.99. The molecule has 0 radical (unpaired) electrons. The average molecular weight is 418 g/mol. The van der Waals surface area contributed by atoms with Gasteiger partial charge in [0.1, 0.15) is 5.82 Å². The molecule has 0 bridgehead atoms. The minimum Gasteiger partial charge on any atom is -0.460 e. The van der Waals surface area contributed by atoms with Crippen LogP contribution in [-0.2, 0) is 9.53 Å². The van der Waals surface area contributed by atoms with Gasteiger partial charge < -0.3 is 15.0 Å². The maximum atomic E-state index is 13.0. The van der Waals surface area contributed by atoms with E-state index < -0.39 is 11.9 Å². The van der Waals surface area contributed by atoms with Crippen molar-refractivity contribution in [1.29, 1.82) is 0 Å². The van der Waals surface area contributed by atoms with E-state index in [9.17, 15) is 9.59 Å². The van der Waals surface area contributed by atoms with Crippen molar-refractivity contribution in [3.8, 4) is 0 Å². The molecule has 3 rings (SSSR count). The lowest BCUT2D eigenvalue weighted by Crippen LogP contribution is -2.31. The Balaban J connectivity index is 2.19. The zero-order chi connectivity index (χ0) is 20.4. The van der Waals surface area contributed by atoms with Gasteiger partial charge in [-0.3, -0.25) is 4.79 Å². The van der Waals surface area contributed by atoms with Crippen LogP contribution < -0.4 is 10.9 Å². The summed E-state index contributed by atoms with van der Waals surface area (Å²) in [5.74, 6) is 0.174. The number of nitrogens with zero attached hydrogens (tertiary/aromatic N) is 1. The van der Waals surface area contributed by atoms with E-state index in [1.54, 1.807) is 19.9 Å². The van der Waals surface area contributed by atoms with Crippen LogP contribution in [0.25, 0.3) is 0 Å². The van der Waals surface area contributed by atoms with Crippen LogP contribution in [-0.4, -0.2) is 27.8 Å². The molecule has 2 aromatic rings. The minimum absolute atomic E-state index is 0.256. The molecule has 0 aliphatic carbocycles. The van der Waals surface area contributed by atoms with Crippen molar-refractivity contribution in [2.24, 2.45) is 0 Å². The molecule has 1 aliphatic rings. The fourth-order valence-corrected chi connectivity index (χ4v) is 4.77. The minimum atomic E-state index is -0.516. The molecule has 1 aliphatic heterocycles. The van der Waals surface area contributed by atoms with Crippen LogP contribution in [0.3, 0.4) is 0 Å². The number of aromatic amines is 1. The van der Waals surface area contributed by atoms with E-state index in [-0.39, 0.29) is 11.7 Å². The maximum absolute atomic E-state index is 13.0. The lowest BCUT2D eigenvalue weighted by atomic mass is 9.85. The largest absolute Gasteiger partial charge is 0.460 e. The number of fused-ring (bicyclic) bond motifs is 1. The van der Waals surface area contributed by atoms with Crippen LogP contribution in [0.5, 0.6) is 0 Å². The lowest BCUT2D eigenvalue weighted by molar-refractivity contribution is -0.142. The van der Waals surface area contributed by atoms with Gasteiger partial charge in [-0.05, 0) is 44.7 Å². The summed E-state index contributed by atoms with van der Waals surface area (Å²) in [7, 11) is 0. The Morgan fingerprint density at radius 2 is 2.21 bits per heavy atom. The number of hydrogen-bond donors (Lipinski definition) is 2. The van der Waals surface area contributed by atoms with Crippen LogP contribution in [0.1, 0.15) is 42.7 Å². The Bertz CT molecular complexity index is 1000. The molecule has 148 valence electrons. The number of thioether (sulfide) groups is 1. The number of carbonyl (C=O) groups excluding carboxylic acids is 1. The first-order chi connectivity index (χ1) is 13.3. The highest BCUT2D eigenvalue weighted by atomic mass is 32.2. The van der Waals surface area contributed by atoms with Gasteiger partial charge in [0.2, 0.25) is 0 Å². The summed E-state index contributed by atoms with van der Waals surface area (Å²) in [4.78, 5) is 34.3. The van der Waals surface area contributed by atoms with Gasteiger partial charge in [0.25, 0.3) is 5.56 Å². The number of aromatic nitrogens is 2. The third-order valence-corrected chi connectivity index (χ3v) is 6.24. The Hall–Kier alpha value is -2.32. The van der Waals surface area contributed by atoms with Gasteiger partial charge in [0, 0.05) is 16.3 Å².